The van der Waals surface area contributed by atoms with Gasteiger partial charge >= 0.3 is 0 Å². The van der Waals surface area contributed by atoms with Crippen molar-refractivity contribution in [3.05, 3.63) is 34.5 Å². The van der Waals surface area contributed by atoms with E-state index in [4.69, 9.17) is 16.9 Å². The summed E-state index contributed by atoms with van der Waals surface area (Å²) in [5.41, 5.74) is 2.07. The minimum atomic E-state index is 0.517. The van der Waals surface area contributed by atoms with E-state index in [1.807, 2.05) is 0 Å². The van der Waals surface area contributed by atoms with Crippen LogP contribution in [-0.4, -0.2) is 17.1 Å². The minimum Gasteiger partial charge on any atom is -0.349 e. The lowest BCUT2D eigenvalue weighted by atomic mass is 9.96. The Kier molecular flexibility index (Phi) is 3.20. The molecule has 0 radical (unpaired) electrons. The van der Waals surface area contributed by atoms with Crippen LogP contribution in [0.5, 0.6) is 0 Å². The third-order valence-corrected chi connectivity index (χ3v) is 4.50. The Morgan fingerprint density at radius 1 is 1.42 bits per heavy atom. The van der Waals surface area contributed by atoms with Gasteiger partial charge in [-0.3, -0.25) is 0 Å². The lowest BCUT2D eigenvalue weighted by Gasteiger charge is -2.37. The van der Waals surface area contributed by atoms with Crippen LogP contribution in [0.4, 0.5) is 5.82 Å². The van der Waals surface area contributed by atoms with Crippen molar-refractivity contribution < 1.29 is 0 Å². The molecule has 3 rings (SSSR count). The fourth-order valence-electron chi connectivity index (χ4n) is 3.31. The van der Waals surface area contributed by atoms with E-state index in [2.05, 4.69) is 29.0 Å². The van der Waals surface area contributed by atoms with E-state index < -0.39 is 0 Å². The number of anilines is 1. The van der Waals surface area contributed by atoms with E-state index in [1.165, 1.54) is 12.8 Å². The molecule has 0 N–H and O–H groups in total. The molecule has 1 aromatic heterocycles. The first-order valence-corrected chi connectivity index (χ1v) is 7.08. The summed E-state index contributed by atoms with van der Waals surface area (Å²) < 4.78 is 0. The first-order valence-electron chi connectivity index (χ1n) is 6.71. The number of aromatic nitrogens is 1. The molecule has 0 aliphatic carbocycles. The van der Waals surface area contributed by atoms with Gasteiger partial charge in [0.05, 0.1) is 10.6 Å². The van der Waals surface area contributed by atoms with Crippen molar-refractivity contribution in [2.75, 3.05) is 4.90 Å². The van der Waals surface area contributed by atoms with Crippen LogP contribution in [0.3, 0.4) is 0 Å². The van der Waals surface area contributed by atoms with Gasteiger partial charge in [0.15, 0.2) is 0 Å². The van der Waals surface area contributed by atoms with Crippen LogP contribution in [-0.2, 0) is 0 Å². The van der Waals surface area contributed by atoms with Gasteiger partial charge in [0, 0.05) is 18.3 Å². The Hall–Kier alpha value is -1.53. The maximum atomic E-state index is 8.88. The standard InChI is InChI=1S/C15H16ClN3/c1-2-10-5-12-3-4-13(6-10)19(12)15-14(16)7-11(8-17)9-18-15/h2,7,9,12-13H,3-6H2,1H3. The van der Waals surface area contributed by atoms with Crippen LogP contribution in [0.25, 0.3) is 0 Å². The number of piperidine rings is 1. The molecule has 2 atom stereocenters. The number of pyridine rings is 1. The van der Waals surface area contributed by atoms with Crippen molar-refractivity contribution in [2.24, 2.45) is 0 Å². The van der Waals surface area contributed by atoms with Crippen LogP contribution in [0.1, 0.15) is 38.2 Å². The Morgan fingerprint density at radius 3 is 2.63 bits per heavy atom. The van der Waals surface area contributed by atoms with E-state index >= 15 is 0 Å². The number of fused-ring (bicyclic) bond motifs is 2. The molecule has 2 saturated heterocycles. The van der Waals surface area contributed by atoms with Gasteiger partial charge in [0.1, 0.15) is 11.9 Å². The molecule has 0 aromatic carbocycles. The zero-order valence-corrected chi connectivity index (χ0v) is 11.7. The predicted octanol–water partition coefficient (Wildman–Crippen LogP) is 3.68. The van der Waals surface area contributed by atoms with Gasteiger partial charge in [0.2, 0.25) is 0 Å². The number of nitriles is 1. The lowest BCUT2D eigenvalue weighted by Crippen LogP contribution is -2.41. The van der Waals surface area contributed by atoms with Crippen molar-refractivity contribution in [1.82, 2.24) is 4.98 Å². The monoisotopic (exact) mass is 273 g/mol. The normalized spacial score (nSPS) is 25.3. The number of halogens is 1. The minimum absolute atomic E-state index is 0.517. The molecule has 2 aliphatic rings. The summed E-state index contributed by atoms with van der Waals surface area (Å²) in [6, 6.07) is 4.83. The van der Waals surface area contributed by atoms with Gasteiger partial charge in [-0.2, -0.15) is 5.26 Å². The molecule has 3 heterocycles. The molecule has 0 saturated carbocycles. The van der Waals surface area contributed by atoms with Crippen LogP contribution in [0.15, 0.2) is 23.9 Å². The van der Waals surface area contributed by atoms with E-state index in [1.54, 1.807) is 17.8 Å². The maximum absolute atomic E-state index is 8.88. The zero-order valence-electron chi connectivity index (χ0n) is 10.9. The summed E-state index contributed by atoms with van der Waals surface area (Å²) in [7, 11) is 0. The second kappa shape index (κ2) is 4.86. The van der Waals surface area contributed by atoms with E-state index in [9.17, 15) is 0 Å². The second-order valence-corrected chi connectivity index (χ2v) is 5.70. The summed E-state index contributed by atoms with van der Waals surface area (Å²) in [4.78, 5) is 6.79. The topological polar surface area (TPSA) is 39.9 Å². The Morgan fingerprint density at radius 2 is 2.11 bits per heavy atom. The number of rotatable bonds is 1. The molecular formula is C15H16ClN3. The average Bonchev–Trinajstić information content (AvgIpc) is 2.69. The third-order valence-electron chi connectivity index (χ3n) is 4.22. The van der Waals surface area contributed by atoms with Gasteiger partial charge in [0.25, 0.3) is 0 Å². The van der Waals surface area contributed by atoms with Crippen molar-refractivity contribution in [3.63, 3.8) is 0 Å². The van der Waals surface area contributed by atoms with E-state index in [0.717, 1.165) is 18.7 Å². The van der Waals surface area contributed by atoms with Crippen LogP contribution in [0.2, 0.25) is 5.02 Å². The highest BCUT2D eigenvalue weighted by atomic mass is 35.5. The fraction of sp³-hybridized carbons (Fsp3) is 0.467. The smallest absolute Gasteiger partial charge is 0.147 e. The Balaban J connectivity index is 1.94. The summed E-state index contributed by atoms with van der Waals surface area (Å²) >= 11 is 6.30. The maximum Gasteiger partial charge on any atom is 0.147 e. The average molecular weight is 274 g/mol. The molecule has 3 nitrogen and oxygen atoms in total. The largest absolute Gasteiger partial charge is 0.349 e. The van der Waals surface area contributed by atoms with E-state index in [0.29, 0.717) is 22.7 Å². The third kappa shape index (κ3) is 2.11. The molecule has 98 valence electrons. The number of allylic oxidation sites excluding steroid dienone is 1. The number of nitrogens with zero attached hydrogens (tertiary/aromatic N) is 3. The molecule has 2 unspecified atom stereocenters. The van der Waals surface area contributed by atoms with Crippen molar-refractivity contribution in [2.45, 2.75) is 44.7 Å². The Labute approximate surface area is 118 Å². The van der Waals surface area contributed by atoms with Crippen molar-refractivity contribution in [3.8, 4) is 6.07 Å². The lowest BCUT2D eigenvalue weighted by molar-refractivity contribution is 0.544. The van der Waals surface area contributed by atoms with Crippen LogP contribution < -0.4 is 4.90 Å². The highest BCUT2D eigenvalue weighted by Crippen LogP contribution is 2.42. The molecule has 1 aromatic rings. The highest BCUT2D eigenvalue weighted by Gasteiger charge is 2.39. The Bertz CT molecular complexity index is 557. The summed E-state index contributed by atoms with van der Waals surface area (Å²) in [5, 5.41) is 9.47. The second-order valence-electron chi connectivity index (χ2n) is 5.29. The van der Waals surface area contributed by atoms with Crippen LogP contribution >= 0.6 is 11.6 Å². The molecule has 2 bridgehead atoms. The fourth-order valence-corrected chi connectivity index (χ4v) is 3.58. The number of hydrogen-bond acceptors (Lipinski definition) is 3. The molecule has 0 amide bonds. The van der Waals surface area contributed by atoms with Crippen molar-refractivity contribution in [1.29, 1.82) is 5.26 Å². The van der Waals surface area contributed by atoms with Gasteiger partial charge in [-0.05, 0) is 38.7 Å². The zero-order chi connectivity index (χ0) is 13.4. The molecule has 4 heteroatoms. The number of hydrogen-bond donors (Lipinski definition) is 0. The first-order chi connectivity index (χ1) is 9.22. The van der Waals surface area contributed by atoms with E-state index in [-0.39, 0.29) is 0 Å². The first kappa shape index (κ1) is 12.5. The summed E-state index contributed by atoms with van der Waals surface area (Å²) in [6.45, 7) is 2.12. The highest BCUT2D eigenvalue weighted by molar-refractivity contribution is 6.33. The van der Waals surface area contributed by atoms with Gasteiger partial charge < -0.3 is 4.90 Å². The molecule has 19 heavy (non-hydrogen) atoms. The summed E-state index contributed by atoms with van der Waals surface area (Å²) in [5.74, 6) is 0.850. The quantitative estimate of drug-likeness (QED) is 0.733. The van der Waals surface area contributed by atoms with Crippen molar-refractivity contribution >= 4 is 17.4 Å². The van der Waals surface area contributed by atoms with Gasteiger partial charge in [-0.25, -0.2) is 4.98 Å². The molecule has 0 spiro atoms. The van der Waals surface area contributed by atoms with Gasteiger partial charge in [-0.15, -0.1) is 0 Å². The van der Waals surface area contributed by atoms with Crippen LogP contribution in [0, 0.1) is 11.3 Å². The van der Waals surface area contributed by atoms with Gasteiger partial charge in [-0.1, -0.05) is 23.3 Å². The predicted molar refractivity (Wildman–Crippen MR) is 76.2 cm³/mol. The SMILES string of the molecule is CC=C1CC2CCC(C1)N2c1ncc(C#N)cc1Cl. The molecular weight excluding hydrogens is 258 g/mol. The summed E-state index contributed by atoms with van der Waals surface area (Å²) in [6.07, 6.45) is 8.51. The molecule has 2 fully saturated rings. The molecule has 2 aliphatic heterocycles.